The van der Waals surface area contributed by atoms with Crippen molar-refractivity contribution in [2.75, 3.05) is 0 Å². The van der Waals surface area contributed by atoms with E-state index in [0.717, 1.165) is 16.7 Å². The molecule has 0 spiro atoms. The molecule has 0 aliphatic carbocycles. The molecule has 0 fully saturated rings. The largest absolute Gasteiger partial charge is 0.457 e. The monoisotopic (exact) mass is 353 g/mol. The average molecular weight is 353 g/mol. The van der Waals surface area contributed by atoms with Crippen LogP contribution in [0.25, 0.3) is 0 Å². The van der Waals surface area contributed by atoms with Gasteiger partial charge in [0.2, 0.25) is 12.0 Å². The normalized spacial score (nSPS) is 18.8. The number of nitrogens with zero attached hydrogens (tertiary/aromatic N) is 1. The van der Waals surface area contributed by atoms with Gasteiger partial charge in [0.25, 0.3) is 0 Å². The van der Waals surface area contributed by atoms with Crippen molar-refractivity contribution in [3.8, 4) is 23.3 Å². The number of ether oxygens (including phenoxy) is 1. The maximum Gasteiger partial charge on any atom is 0.240 e. The first kappa shape index (κ1) is 16.9. The summed E-state index contributed by atoms with van der Waals surface area (Å²) in [5.74, 6) is 7.54. The maximum absolute atomic E-state index is 14.0. The second kappa shape index (κ2) is 6.31. The molecule has 0 amide bonds. The summed E-state index contributed by atoms with van der Waals surface area (Å²) in [4.78, 5) is 12.3. The quantitative estimate of drug-likeness (QED) is 0.572. The van der Waals surface area contributed by atoms with E-state index in [4.69, 9.17) is 14.5 Å². The molecule has 0 bridgehead atoms. The molecule has 2 heterocycles. The van der Waals surface area contributed by atoms with E-state index in [1.54, 1.807) is 19.1 Å². The van der Waals surface area contributed by atoms with Gasteiger partial charge in [0.1, 0.15) is 5.82 Å². The van der Waals surface area contributed by atoms with Crippen LogP contribution in [0.15, 0.2) is 36.4 Å². The molecule has 134 valence electrons. The lowest BCUT2D eigenvalue weighted by Crippen LogP contribution is -2.38. The van der Waals surface area contributed by atoms with Crippen LogP contribution < -0.4 is 9.62 Å². The molecule has 4 rings (SSSR count). The number of rotatable bonds is 1. The lowest BCUT2D eigenvalue weighted by atomic mass is 10.0. The summed E-state index contributed by atoms with van der Waals surface area (Å²) in [6, 6.07) is 10.7. The predicted molar refractivity (Wildman–Crippen MR) is 94.8 cm³/mol. The molecule has 0 saturated carbocycles. The Hall–Kier alpha value is -2.55. The highest BCUT2D eigenvalue weighted by molar-refractivity contribution is 5.49. The summed E-state index contributed by atoms with van der Waals surface area (Å²) >= 11 is 0. The van der Waals surface area contributed by atoms with Crippen molar-refractivity contribution >= 4 is 0 Å². The molecule has 4 nitrogen and oxygen atoms in total. The minimum Gasteiger partial charge on any atom is -0.457 e. The van der Waals surface area contributed by atoms with Gasteiger partial charge >= 0.3 is 0 Å². The van der Waals surface area contributed by atoms with Gasteiger partial charge in [0.05, 0.1) is 5.54 Å². The summed E-state index contributed by atoms with van der Waals surface area (Å²) in [6.45, 7) is 7.13. The third kappa shape index (κ3) is 3.14. The lowest BCUT2D eigenvalue weighted by Gasteiger charge is -2.30. The van der Waals surface area contributed by atoms with Gasteiger partial charge in [-0.15, -0.1) is 4.89 Å². The van der Waals surface area contributed by atoms with Gasteiger partial charge in [0.15, 0.2) is 5.75 Å². The van der Waals surface area contributed by atoms with E-state index in [1.807, 2.05) is 18.2 Å². The zero-order valence-electron chi connectivity index (χ0n) is 15.0. The second-order valence-corrected chi connectivity index (χ2v) is 7.07. The Labute approximate surface area is 152 Å². The molecule has 2 aromatic carbocycles. The van der Waals surface area contributed by atoms with Crippen molar-refractivity contribution in [2.45, 2.75) is 45.7 Å². The highest BCUT2D eigenvalue weighted by Crippen LogP contribution is 2.33. The van der Waals surface area contributed by atoms with E-state index in [-0.39, 0.29) is 5.82 Å². The fourth-order valence-electron chi connectivity index (χ4n) is 3.15. The average Bonchev–Trinajstić information content (AvgIpc) is 3.06. The molecule has 26 heavy (non-hydrogen) atoms. The first-order valence-corrected chi connectivity index (χ1v) is 8.61. The van der Waals surface area contributed by atoms with Crippen molar-refractivity contribution in [1.82, 2.24) is 4.90 Å². The Morgan fingerprint density at radius 3 is 2.81 bits per heavy atom. The molecular weight excluding hydrogens is 333 g/mol. The summed E-state index contributed by atoms with van der Waals surface area (Å²) in [5.41, 5.74) is 2.25. The molecular formula is C21H20FNO3. The Balaban J connectivity index is 1.55. The van der Waals surface area contributed by atoms with Crippen LogP contribution in [0.5, 0.6) is 11.5 Å². The van der Waals surface area contributed by atoms with Gasteiger partial charge < -0.3 is 9.62 Å². The van der Waals surface area contributed by atoms with Crippen LogP contribution in [0, 0.1) is 17.7 Å². The van der Waals surface area contributed by atoms with E-state index >= 15 is 0 Å². The lowest BCUT2D eigenvalue weighted by molar-refractivity contribution is -0.307. The van der Waals surface area contributed by atoms with E-state index < -0.39 is 11.8 Å². The Bertz CT molecular complexity index is 913. The van der Waals surface area contributed by atoms with E-state index in [9.17, 15) is 4.39 Å². The minimum atomic E-state index is -0.458. The third-order valence-electron chi connectivity index (χ3n) is 4.74. The highest BCUT2D eigenvalue weighted by Gasteiger charge is 2.31. The zero-order valence-corrected chi connectivity index (χ0v) is 15.0. The molecule has 0 radical (unpaired) electrons. The third-order valence-corrected chi connectivity index (χ3v) is 4.74. The summed E-state index contributed by atoms with van der Waals surface area (Å²) in [6.07, 6.45) is -0.458. The SMILES string of the molecule is CC1OOc2ccc(C#CC(C)(C)N3Cc4cccc(F)c4C3)cc2O1. The topological polar surface area (TPSA) is 30.9 Å². The van der Waals surface area contributed by atoms with Crippen LogP contribution in [0.3, 0.4) is 0 Å². The van der Waals surface area contributed by atoms with Gasteiger partial charge in [-0.1, -0.05) is 24.0 Å². The van der Waals surface area contributed by atoms with Gasteiger partial charge in [0, 0.05) is 31.1 Å². The molecule has 2 aliphatic heterocycles. The first-order valence-electron chi connectivity index (χ1n) is 8.61. The number of benzene rings is 2. The second-order valence-electron chi connectivity index (χ2n) is 7.07. The first-order chi connectivity index (χ1) is 12.4. The number of hydrogen-bond donors (Lipinski definition) is 0. The van der Waals surface area contributed by atoms with Crippen LogP contribution in [-0.4, -0.2) is 16.7 Å². The van der Waals surface area contributed by atoms with Crippen molar-refractivity contribution in [1.29, 1.82) is 0 Å². The van der Waals surface area contributed by atoms with Crippen molar-refractivity contribution in [3.63, 3.8) is 0 Å². The van der Waals surface area contributed by atoms with Crippen LogP contribution >= 0.6 is 0 Å². The molecule has 1 unspecified atom stereocenters. The zero-order chi connectivity index (χ0) is 18.3. The van der Waals surface area contributed by atoms with E-state index in [1.165, 1.54) is 6.07 Å². The predicted octanol–water partition coefficient (Wildman–Crippen LogP) is 4.02. The highest BCUT2D eigenvalue weighted by atomic mass is 19.1. The Kier molecular flexibility index (Phi) is 4.10. The fraction of sp³-hybridized carbons (Fsp3) is 0.333. The number of fused-ring (bicyclic) bond motifs is 2. The molecule has 5 heteroatoms. The van der Waals surface area contributed by atoms with Crippen LogP contribution in [0.2, 0.25) is 0 Å². The molecule has 0 N–H and O–H groups in total. The summed E-state index contributed by atoms with van der Waals surface area (Å²) in [5, 5.41) is 0. The van der Waals surface area contributed by atoms with Gasteiger partial charge in [-0.3, -0.25) is 4.90 Å². The van der Waals surface area contributed by atoms with Crippen molar-refractivity contribution in [3.05, 3.63) is 58.9 Å². The maximum atomic E-state index is 14.0. The molecule has 0 aromatic heterocycles. The smallest absolute Gasteiger partial charge is 0.240 e. The van der Waals surface area contributed by atoms with Crippen LogP contribution in [-0.2, 0) is 18.0 Å². The van der Waals surface area contributed by atoms with Crippen molar-refractivity contribution < 1.29 is 18.9 Å². The molecule has 2 aliphatic rings. The number of hydrogen-bond acceptors (Lipinski definition) is 4. The number of halogens is 1. The molecule has 1 atom stereocenters. The standard InChI is InChI=1S/C21H20FNO3/c1-14-24-20-11-15(7-8-19(20)26-25-14)9-10-21(2,3)23-12-16-5-4-6-18(22)17(16)13-23/h4-8,11,14H,12-13H2,1-3H3. The summed E-state index contributed by atoms with van der Waals surface area (Å²) in [7, 11) is 0. The molecule has 0 saturated heterocycles. The minimum absolute atomic E-state index is 0.142. The van der Waals surface area contributed by atoms with Gasteiger partial charge in [-0.25, -0.2) is 4.39 Å². The van der Waals surface area contributed by atoms with Gasteiger partial charge in [-0.05, 0) is 43.7 Å². The van der Waals surface area contributed by atoms with Crippen LogP contribution in [0.4, 0.5) is 4.39 Å². The summed E-state index contributed by atoms with van der Waals surface area (Å²) < 4.78 is 19.6. The van der Waals surface area contributed by atoms with E-state index in [2.05, 4.69) is 30.6 Å². The van der Waals surface area contributed by atoms with Crippen molar-refractivity contribution in [2.24, 2.45) is 0 Å². The van der Waals surface area contributed by atoms with Crippen LogP contribution in [0.1, 0.15) is 37.5 Å². The Morgan fingerprint density at radius 1 is 1.15 bits per heavy atom. The fourth-order valence-corrected chi connectivity index (χ4v) is 3.15. The Morgan fingerprint density at radius 2 is 2.00 bits per heavy atom. The van der Waals surface area contributed by atoms with Gasteiger partial charge in [-0.2, -0.15) is 0 Å². The van der Waals surface area contributed by atoms with E-state index in [0.29, 0.717) is 24.6 Å². The molecule has 2 aromatic rings.